The molecule has 0 aliphatic carbocycles. The summed E-state index contributed by atoms with van der Waals surface area (Å²) in [5.74, 6) is 0.0909. The Bertz CT molecular complexity index is 938. The highest BCUT2D eigenvalue weighted by molar-refractivity contribution is 8.18. The van der Waals surface area contributed by atoms with Crippen molar-refractivity contribution in [2.24, 2.45) is 0 Å². The SMILES string of the molecule is N#CCOc1ccc(C=C2SC(=O)N(CCc3ccccc3)C2=O)cc1Cl. The van der Waals surface area contributed by atoms with Crippen LogP contribution in [0.15, 0.2) is 53.4 Å². The molecule has 3 rings (SSSR count). The van der Waals surface area contributed by atoms with Crippen LogP contribution in [0.4, 0.5) is 4.79 Å². The second kappa shape index (κ2) is 8.76. The number of imide groups is 1. The Morgan fingerprint density at radius 2 is 1.96 bits per heavy atom. The van der Waals surface area contributed by atoms with Gasteiger partial charge >= 0.3 is 0 Å². The fraction of sp³-hybridized carbons (Fsp3) is 0.150. The van der Waals surface area contributed by atoms with E-state index < -0.39 is 0 Å². The smallest absolute Gasteiger partial charge is 0.293 e. The maximum absolute atomic E-state index is 12.6. The number of halogens is 1. The van der Waals surface area contributed by atoms with Crippen molar-refractivity contribution in [3.63, 3.8) is 0 Å². The zero-order chi connectivity index (χ0) is 19.2. The summed E-state index contributed by atoms with van der Waals surface area (Å²) < 4.78 is 5.19. The lowest BCUT2D eigenvalue weighted by Gasteiger charge is -2.12. The molecular formula is C20H15ClN2O3S. The third kappa shape index (κ3) is 4.70. The number of amides is 2. The normalized spacial score (nSPS) is 15.3. The van der Waals surface area contributed by atoms with Gasteiger partial charge in [-0.25, -0.2) is 0 Å². The van der Waals surface area contributed by atoms with Gasteiger partial charge in [0, 0.05) is 6.54 Å². The van der Waals surface area contributed by atoms with Gasteiger partial charge in [0.25, 0.3) is 11.1 Å². The maximum atomic E-state index is 12.6. The van der Waals surface area contributed by atoms with Crippen molar-refractivity contribution in [2.45, 2.75) is 6.42 Å². The molecule has 0 spiro atoms. The first-order chi connectivity index (χ1) is 13.1. The Morgan fingerprint density at radius 1 is 1.19 bits per heavy atom. The summed E-state index contributed by atoms with van der Waals surface area (Å²) in [7, 11) is 0. The summed E-state index contributed by atoms with van der Waals surface area (Å²) in [6.07, 6.45) is 2.25. The van der Waals surface area contributed by atoms with E-state index in [9.17, 15) is 9.59 Å². The van der Waals surface area contributed by atoms with E-state index in [-0.39, 0.29) is 17.8 Å². The standard InChI is InChI=1S/C20H15ClN2O3S/c21-16-12-15(6-7-17(16)26-11-9-22)13-18-19(24)23(20(25)27-18)10-8-14-4-2-1-3-5-14/h1-7,12-13H,8,10-11H2. The van der Waals surface area contributed by atoms with Gasteiger partial charge in [0.05, 0.1) is 9.93 Å². The number of thioether (sulfide) groups is 1. The molecule has 5 nitrogen and oxygen atoms in total. The van der Waals surface area contributed by atoms with E-state index in [1.807, 2.05) is 36.4 Å². The number of carbonyl (C=O) groups excluding carboxylic acids is 2. The van der Waals surface area contributed by atoms with Crippen LogP contribution in [0.5, 0.6) is 5.75 Å². The van der Waals surface area contributed by atoms with E-state index in [1.165, 1.54) is 4.90 Å². The second-order valence-electron chi connectivity index (χ2n) is 5.71. The number of rotatable bonds is 6. The molecule has 1 aliphatic heterocycles. The molecule has 2 amide bonds. The van der Waals surface area contributed by atoms with Crippen molar-refractivity contribution in [1.29, 1.82) is 5.26 Å². The number of nitrogens with zero attached hydrogens (tertiary/aromatic N) is 2. The molecule has 1 aliphatic rings. The van der Waals surface area contributed by atoms with Crippen molar-refractivity contribution < 1.29 is 14.3 Å². The molecule has 1 saturated heterocycles. The first-order valence-corrected chi connectivity index (χ1v) is 9.36. The summed E-state index contributed by atoms with van der Waals surface area (Å²) in [6.45, 7) is 0.243. The van der Waals surface area contributed by atoms with Gasteiger partial charge in [0.15, 0.2) is 6.61 Å². The second-order valence-corrected chi connectivity index (χ2v) is 7.11. The third-order valence-corrected chi connectivity index (χ3v) is 5.09. The Labute approximate surface area is 166 Å². The fourth-order valence-corrected chi connectivity index (χ4v) is 3.67. The molecule has 2 aromatic rings. The minimum Gasteiger partial charge on any atom is -0.477 e. The van der Waals surface area contributed by atoms with E-state index in [2.05, 4.69) is 0 Å². The van der Waals surface area contributed by atoms with Crippen molar-refractivity contribution in [2.75, 3.05) is 13.2 Å². The van der Waals surface area contributed by atoms with Crippen LogP contribution in [0, 0.1) is 11.3 Å². The van der Waals surface area contributed by atoms with Crippen LogP contribution in [0.1, 0.15) is 11.1 Å². The predicted octanol–water partition coefficient (Wildman–Crippen LogP) is 4.52. The molecule has 136 valence electrons. The molecule has 0 aromatic heterocycles. The molecule has 27 heavy (non-hydrogen) atoms. The first kappa shape index (κ1) is 19.0. The van der Waals surface area contributed by atoms with E-state index >= 15 is 0 Å². The van der Waals surface area contributed by atoms with Crippen LogP contribution >= 0.6 is 23.4 Å². The number of hydrogen-bond donors (Lipinski definition) is 0. The molecule has 2 aromatic carbocycles. The van der Waals surface area contributed by atoms with Crippen molar-refractivity contribution >= 4 is 40.6 Å². The predicted molar refractivity (Wildman–Crippen MR) is 105 cm³/mol. The highest BCUT2D eigenvalue weighted by atomic mass is 35.5. The molecule has 7 heteroatoms. The average Bonchev–Trinajstić information content (AvgIpc) is 2.93. The van der Waals surface area contributed by atoms with Crippen LogP contribution in [0.3, 0.4) is 0 Å². The van der Waals surface area contributed by atoms with Gasteiger partial charge in [0.1, 0.15) is 11.8 Å². The van der Waals surface area contributed by atoms with Crippen molar-refractivity contribution in [3.8, 4) is 11.8 Å². The first-order valence-electron chi connectivity index (χ1n) is 8.17. The lowest BCUT2D eigenvalue weighted by molar-refractivity contribution is -0.122. The fourth-order valence-electron chi connectivity index (χ4n) is 2.56. The zero-order valence-corrected chi connectivity index (χ0v) is 15.8. The van der Waals surface area contributed by atoms with Gasteiger partial charge in [-0.2, -0.15) is 5.26 Å². The van der Waals surface area contributed by atoms with Gasteiger partial charge in [-0.1, -0.05) is 48.0 Å². The van der Waals surface area contributed by atoms with E-state index in [1.54, 1.807) is 24.3 Å². The van der Waals surface area contributed by atoms with Gasteiger partial charge in [-0.15, -0.1) is 0 Å². The molecule has 0 bridgehead atoms. The molecular weight excluding hydrogens is 384 g/mol. The summed E-state index contributed by atoms with van der Waals surface area (Å²) in [5.41, 5.74) is 1.75. The minimum atomic E-state index is -0.304. The zero-order valence-electron chi connectivity index (χ0n) is 14.2. The Hall–Kier alpha value is -2.75. The summed E-state index contributed by atoms with van der Waals surface area (Å²) >= 11 is 7.05. The van der Waals surface area contributed by atoms with Gasteiger partial charge in [-0.05, 0) is 47.5 Å². The lowest BCUT2D eigenvalue weighted by atomic mass is 10.1. The van der Waals surface area contributed by atoms with E-state index in [0.717, 1.165) is 17.3 Å². The highest BCUT2D eigenvalue weighted by Crippen LogP contribution is 2.33. The quantitative estimate of drug-likeness (QED) is 0.669. The van der Waals surface area contributed by atoms with Gasteiger partial charge in [0.2, 0.25) is 0 Å². The van der Waals surface area contributed by atoms with Crippen LogP contribution in [-0.2, 0) is 11.2 Å². The molecule has 1 heterocycles. The van der Waals surface area contributed by atoms with Crippen molar-refractivity contribution in [1.82, 2.24) is 4.90 Å². The molecule has 0 unspecified atom stereocenters. The van der Waals surface area contributed by atoms with Crippen LogP contribution < -0.4 is 4.74 Å². The number of nitriles is 1. The van der Waals surface area contributed by atoms with Gasteiger partial charge < -0.3 is 4.74 Å². The lowest BCUT2D eigenvalue weighted by Crippen LogP contribution is -2.30. The monoisotopic (exact) mass is 398 g/mol. The molecule has 0 saturated carbocycles. The largest absolute Gasteiger partial charge is 0.477 e. The molecule has 0 radical (unpaired) electrons. The number of benzene rings is 2. The Morgan fingerprint density at radius 3 is 2.67 bits per heavy atom. The Balaban J connectivity index is 1.70. The van der Waals surface area contributed by atoms with Crippen LogP contribution in [0.25, 0.3) is 6.08 Å². The average molecular weight is 399 g/mol. The number of ether oxygens (including phenoxy) is 1. The highest BCUT2D eigenvalue weighted by Gasteiger charge is 2.34. The molecule has 1 fully saturated rings. The van der Waals surface area contributed by atoms with Gasteiger partial charge in [-0.3, -0.25) is 14.5 Å². The maximum Gasteiger partial charge on any atom is 0.293 e. The van der Waals surface area contributed by atoms with E-state index in [0.29, 0.717) is 34.2 Å². The molecule has 0 atom stereocenters. The number of hydrogen-bond acceptors (Lipinski definition) is 5. The summed E-state index contributed by atoms with van der Waals surface area (Å²) in [6, 6.07) is 16.6. The minimum absolute atomic E-state index is 0.0978. The summed E-state index contributed by atoms with van der Waals surface area (Å²) in [5, 5.41) is 8.61. The Kier molecular flexibility index (Phi) is 6.17. The van der Waals surface area contributed by atoms with Crippen LogP contribution in [0.2, 0.25) is 5.02 Å². The summed E-state index contributed by atoms with van der Waals surface area (Å²) in [4.78, 5) is 26.4. The van der Waals surface area contributed by atoms with Crippen LogP contribution in [-0.4, -0.2) is 29.2 Å². The third-order valence-electron chi connectivity index (χ3n) is 3.89. The topological polar surface area (TPSA) is 70.4 Å². The number of carbonyl (C=O) groups is 2. The van der Waals surface area contributed by atoms with E-state index in [4.69, 9.17) is 21.6 Å². The molecule has 0 N–H and O–H groups in total. The van der Waals surface area contributed by atoms with Crippen molar-refractivity contribution in [3.05, 3.63) is 69.6 Å².